The number of methoxy groups -OCH3 is 1. The lowest BCUT2D eigenvalue weighted by Gasteiger charge is -2.26. The van der Waals surface area contributed by atoms with Gasteiger partial charge in [-0.25, -0.2) is 0 Å². The van der Waals surface area contributed by atoms with Gasteiger partial charge in [0, 0.05) is 19.0 Å². The van der Waals surface area contributed by atoms with E-state index in [1.165, 1.54) is 7.11 Å². The molecule has 0 aliphatic heterocycles. The van der Waals surface area contributed by atoms with Gasteiger partial charge in [0.2, 0.25) is 5.91 Å². The summed E-state index contributed by atoms with van der Waals surface area (Å²) >= 11 is 0. The van der Waals surface area contributed by atoms with E-state index in [9.17, 15) is 9.59 Å². The number of carbonyl (C=O) groups is 2. The second-order valence-electron chi connectivity index (χ2n) is 4.71. The lowest BCUT2D eigenvalue weighted by Crippen LogP contribution is -2.41. The van der Waals surface area contributed by atoms with Gasteiger partial charge in [-0.1, -0.05) is 26.7 Å². The van der Waals surface area contributed by atoms with Gasteiger partial charge in [-0.15, -0.1) is 0 Å². The number of nitrogens with zero attached hydrogens (tertiary/aromatic N) is 1. The van der Waals surface area contributed by atoms with Gasteiger partial charge in [0.1, 0.15) is 6.54 Å². The molecule has 0 spiro atoms. The van der Waals surface area contributed by atoms with Crippen LogP contribution in [0.15, 0.2) is 0 Å². The highest BCUT2D eigenvalue weighted by molar-refractivity contribution is 5.82. The Morgan fingerprint density at radius 1 is 1.28 bits per heavy atom. The largest absolute Gasteiger partial charge is 0.468 e. The molecule has 0 aromatic rings. The molecule has 0 saturated carbocycles. The molecule has 0 aliphatic carbocycles. The summed E-state index contributed by atoms with van der Waals surface area (Å²) in [5.41, 5.74) is 5.63. The van der Waals surface area contributed by atoms with Crippen LogP contribution < -0.4 is 5.73 Å². The fraction of sp³-hybridized carbons (Fsp3) is 0.846. The van der Waals surface area contributed by atoms with Crippen LogP contribution >= 0.6 is 0 Å². The predicted molar refractivity (Wildman–Crippen MR) is 70.9 cm³/mol. The first-order valence-electron chi connectivity index (χ1n) is 6.54. The number of rotatable bonds is 8. The zero-order valence-corrected chi connectivity index (χ0v) is 11.9. The van der Waals surface area contributed by atoms with E-state index in [-0.39, 0.29) is 30.9 Å². The summed E-state index contributed by atoms with van der Waals surface area (Å²) in [6.07, 6.45) is 2.23. The van der Waals surface area contributed by atoms with Gasteiger partial charge in [-0.05, 0) is 12.8 Å². The van der Waals surface area contributed by atoms with Crippen molar-refractivity contribution in [3.63, 3.8) is 0 Å². The number of nitrogens with two attached hydrogens (primary N) is 1. The van der Waals surface area contributed by atoms with Crippen LogP contribution in [0.3, 0.4) is 0 Å². The molecule has 1 atom stereocenters. The molecule has 1 unspecified atom stereocenters. The Labute approximate surface area is 110 Å². The van der Waals surface area contributed by atoms with Gasteiger partial charge in [0.25, 0.3) is 0 Å². The standard InChI is InChI=1S/C13H26N2O3/c1-5-11(6-2)8-15(9-13(17)18-4)12(16)7-10(3)14/h10-11H,5-9,14H2,1-4H3. The average Bonchev–Trinajstić information content (AvgIpc) is 2.33. The van der Waals surface area contributed by atoms with E-state index in [4.69, 9.17) is 5.73 Å². The smallest absolute Gasteiger partial charge is 0.325 e. The third-order valence-corrected chi connectivity index (χ3v) is 3.03. The Kier molecular flexibility index (Phi) is 8.37. The molecule has 5 nitrogen and oxygen atoms in total. The maximum Gasteiger partial charge on any atom is 0.325 e. The van der Waals surface area contributed by atoms with Crippen LogP contribution in [0.25, 0.3) is 0 Å². The Bertz CT molecular complexity index is 263. The quantitative estimate of drug-likeness (QED) is 0.663. The highest BCUT2D eigenvalue weighted by atomic mass is 16.5. The van der Waals surface area contributed by atoms with E-state index in [1.54, 1.807) is 11.8 Å². The zero-order chi connectivity index (χ0) is 14.1. The molecule has 0 rings (SSSR count). The van der Waals surface area contributed by atoms with Crippen molar-refractivity contribution in [3.8, 4) is 0 Å². The fourth-order valence-corrected chi connectivity index (χ4v) is 1.74. The summed E-state index contributed by atoms with van der Waals surface area (Å²) in [5.74, 6) is -0.0621. The van der Waals surface area contributed by atoms with E-state index in [1.807, 2.05) is 0 Å². The molecule has 0 saturated heterocycles. The first-order valence-corrected chi connectivity index (χ1v) is 6.54. The average molecular weight is 258 g/mol. The monoisotopic (exact) mass is 258 g/mol. The summed E-state index contributed by atoms with van der Waals surface area (Å²) < 4.78 is 4.62. The van der Waals surface area contributed by atoms with Crippen molar-refractivity contribution in [2.45, 2.75) is 46.1 Å². The fourth-order valence-electron chi connectivity index (χ4n) is 1.74. The summed E-state index contributed by atoms with van der Waals surface area (Å²) in [5, 5.41) is 0. The van der Waals surface area contributed by atoms with Crippen molar-refractivity contribution < 1.29 is 14.3 Å². The van der Waals surface area contributed by atoms with Crippen molar-refractivity contribution in [2.24, 2.45) is 11.7 Å². The van der Waals surface area contributed by atoms with Gasteiger partial charge < -0.3 is 15.4 Å². The maximum atomic E-state index is 12.0. The molecule has 0 radical (unpaired) electrons. The molecule has 0 aliphatic rings. The van der Waals surface area contributed by atoms with Crippen molar-refractivity contribution in [1.82, 2.24) is 4.90 Å². The second kappa shape index (κ2) is 8.91. The normalized spacial score (nSPS) is 12.3. The maximum absolute atomic E-state index is 12.0. The second-order valence-corrected chi connectivity index (χ2v) is 4.71. The van der Waals surface area contributed by atoms with Gasteiger partial charge in [0.05, 0.1) is 7.11 Å². The Balaban J connectivity index is 4.59. The van der Waals surface area contributed by atoms with Gasteiger partial charge in [-0.3, -0.25) is 9.59 Å². The van der Waals surface area contributed by atoms with Crippen LogP contribution in [0.1, 0.15) is 40.0 Å². The first-order chi connectivity index (χ1) is 8.44. The molecule has 106 valence electrons. The highest BCUT2D eigenvalue weighted by Crippen LogP contribution is 2.11. The SMILES string of the molecule is CCC(CC)CN(CC(=O)OC)C(=O)CC(C)N. The van der Waals surface area contributed by atoms with Gasteiger partial charge in [0.15, 0.2) is 0 Å². The summed E-state index contributed by atoms with van der Waals surface area (Å²) in [6.45, 7) is 6.55. The highest BCUT2D eigenvalue weighted by Gasteiger charge is 2.21. The molecule has 0 fully saturated rings. The molecule has 0 aromatic heterocycles. The number of ether oxygens (including phenoxy) is 1. The van der Waals surface area contributed by atoms with E-state index in [0.29, 0.717) is 12.5 Å². The lowest BCUT2D eigenvalue weighted by atomic mass is 10.0. The van der Waals surface area contributed by atoms with Crippen LogP contribution in [0.4, 0.5) is 0 Å². The summed E-state index contributed by atoms with van der Waals surface area (Å²) in [7, 11) is 1.33. The molecule has 2 N–H and O–H groups in total. The molecule has 1 amide bonds. The molecular formula is C13H26N2O3. The molecule has 0 bridgehead atoms. The van der Waals surface area contributed by atoms with Crippen molar-refractivity contribution in [1.29, 1.82) is 0 Å². The van der Waals surface area contributed by atoms with Crippen LogP contribution in [0, 0.1) is 5.92 Å². The van der Waals surface area contributed by atoms with Crippen molar-refractivity contribution in [2.75, 3.05) is 20.2 Å². The Morgan fingerprint density at radius 3 is 2.22 bits per heavy atom. The number of carbonyl (C=O) groups excluding carboxylic acids is 2. The predicted octanol–water partition coefficient (Wildman–Crippen LogP) is 1.16. The third-order valence-electron chi connectivity index (χ3n) is 3.03. The molecular weight excluding hydrogens is 232 g/mol. The molecule has 0 heterocycles. The summed E-state index contributed by atoms with van der Waals surface area (Å²) in [6, 6.07) is -0.195. The number of hydrogen-bond acceptors (Lipinski definition) is 4. The van der Waals surface area contributed by atoms with E-state index < -0.39 is 0 Å². The van der Waals surface area contributed by atoms with Crippen LogP contribution in [0.2, 0.25) is 0 Å². The first kappa shape index (κ1) is 16.9. The van der Waals surface area contributed by atoms with E-state index in [0.717, 1.165) is 12.8 Å². The van der Waals surface area contributed by atoms with Gasteiger partial charge >= 0.3 is 5.97 Å². The Hall–Kier alpha value is -1.10. The number of esters is 1. The number of hydrogen-bond donors (Lipinski definition) is 1. The third kappa shape index (κ3) is 6.59. The minimum Gasteiger partial charge on any atom is -0.468 e. The minimum absolute atomic E-state index is 0.0125. The Morgan fingerprint density at radius 2 is 1.83 bits per heavy atom. The topological polar surface area (TPSA) is 72.6 Å². The zero-order valence-electron chi connectivity index (χ0n) is 11.9. The molecule has 18 heavy (non-hydrogen) atoms. The molecule has 5 heteroatoms. The minimum atomic E-state index is -0.390. The van der Waals surface area contributed by atoms with Gasteiger partial charge in [-0.2, -0.15) is 0 Å². The van der Waals surface area contributed by atoms with E-state index >= 15 is 0 Å². The lowest BCUT2D eigenvalue weighted by molar-refractivity contribution is -0.147. The summed E-state index contributed by atoms with van der Waals surface area (Å²) in [4.78, 5) is 24.9. The van der Waals surface area contributed by atoms with Crippen molar-refractivity contribution in [3.05, 3.63) is 0 Å². The van der Waals surface area contributed by atoms with Crippen LogP contribution in [-0.2, 0) is 14.3 Å². The number of amides is 1. The van der Waals surface area contributed by atoms with E-state index in [2.05, 4.69) is 18.6 Å². The van der Waals surface area contributed by atoms with Crippen LogP contribution in [0.5, 0.6) is 0 Å². The van der Waals surface area contributed by atoms with Crippen LogP contribution in [-0.4, -0.2) is 43.0 Å². The molecule has 0 aromatic carbocycles. The van der Waals surface area contributed by atoms with Crippen molar-refractivity contribution >= 4 is 11.9 Å².